The molecule has 1 atom stereocenters. The minimum Gasteiger partial charge on any atom is -0.466 e. The third-order valence-electron chi connectivity index (χ3n) is 6.05. The molecule has 0 spiro atoms. The van der Waals surface area contributed by atoms with Crippen LogP contribution in [0.25, 0.3) is 11.3 Å². The molecule has 1 unspecified atom stereocenters. The fourth-order valence-corrected chi connectivity index (χ4v) is 4.03. The summed E-state index contributed by atoms with van der Waals surface area (Å²) in [5.74, 6) is -0.601. The van der Waals surface area contributed by atoms with Gasteiger partial charge in [0.25, 0.3) is 5.91 Å². The lowest BCUT2D eigenvalue weighted by molar-refractivity contribution is -0.151. The van der Waals surface area contributed by atoms with Gasteiger partial charge in [-0.3, -0.25) is 14.4 Å². The minimum atomic E-state index is -0.697. The van der Waals surface area contributed by atoms with Crippen LogP contribution in [-0.4, -0.2) is 53.6 Å². The average molecular weight is 456 g/mol. The Balaban J connectivity index is 1.66. The summed E-state index contributed by atoms with van der Waals surface area (Å²) >= 11 is 0. The molecule has 0 bridgehead atoms. The predicted molar refractivity (Wildman–Crippen MR) is 123 cm³/mol. The number of ether oxygens (including phenoxy) is 1. The molecule has 0 aliphatic carbocycles. The number of esters is 1. The maximum absolute atomic E-state index is 13.2. The van der Waals surface area contributed by atoms with Crippen LogP contribution in [0.1, 0.15) is 55.2 Å². The quantitative estimate of drug-likeness (QED) is 0.641. The summed E-state index contributed by atoms with van der Waals surface area (Å²) in [5, 5.41) is 6.76. The third-order valence-corrected chi connectivity index (χ3v) is 6.05. The number of carbonyl (C=O) groups is 3. The third kappa shape index (κ3) is 5.80. The van der Waals surface area contributed by atoms with E-state index in [1.54, 1.807) is 17.9 Å². The van der Waals surface area contributed by atoms with Crippen LogP contribution in [0.4, 0.5) is 0 Å². The van der Waals surface area contributed by atoms with Crippen molar-refractivity contribution < 1.29 is 23.6 Å². The SMILES string of the molecule is CCOC(=O)C1CCN(C(=O)C(NC(=O)c2cc(-c3cc(C)ccc3C)on2)C(C)C)CC1. The van der Waals surface area contributed by atoms with Crippen LogP contribution in [-0.2, 0) is 14.3 Å². The van der Waals surface area contributed by atoms with Gasteiger partial charge in [-0.05, 0) is 51.2 Å². The molecule has 2 amide bonds. The number of benzene rings is 1. The molecule has 0 radical (unpaired) electrons. The number of aryl methyl sites for hydroxylation is 2. The predicted octanol–water partition coefficient (Wildman–Crippen LogP) is 3.51. The van der Waals surface area contributed by atoms with Crippen molar-refractivity contribution in [1.82, 2.24) is 15.4 Å². The molecule has 8 nitrogen and oxygen atoms in total. The first-order valence-electron chi connectivity index (χ1n) is 11.5. The van der Waals surface area contributed by atoms with Crippen LogP contribution in [0, 0.1) is 25.7 Å². The molecule has 1 aromatic carbocycles. The van der Waals surface area contributed by atoms with Crippen LogP contribution >= 0.6 is 0 Å². The Bertz CT molecular complexity index is 1010. The Morgan fingerprint density at radius 2 is 1.88 bits per heavy atom. The molecule has 178 valence electrons. The maximum atomic E-state index is 13.2. The highest BCUT2D eigenvalue weighted by Gasteiger charge is 2.34. The van der Waals surface area contributed by atoms with E-state index < -0.39 is 11.9 Å². The van der Waals surface area contributed by atoms with Gasteiger partial charge in [-0.2, -0.15) is 0 Å². The smallest absolute Gasteiger partial charge is 0.309 e. The molecule has 3 rings (SSSR count). The van der Waals surface area contributed by atoms with Crippen molar-refractivity contribution in [2.75, 3.05) is 19.7 Å². The highest BCUT2D eigenvalue weighted by molar-refractivity contribution is 5.97. The van der Waals surface area contributed by atoms with E-state index in [1.807, 2.05) is 45.9 Å². The van der Waals surface area contributed by atoms with E-state index in [-0.39, 0.29) is 29.4 Å². The summed E-state index contributed by atoms with van der Waals surface area (Å²) in [5.41, 5.74) is 3.10. The van der Waals surface area contributed by atoms with Crippen molar-refractivity contribution in [1.29, 1.82) is 0 Å². The Labute approximate surface area is 194 Å². The molecule has 1 aliphatic rings. The molecule has 1 N–H and O–H groups in total. The zero-order valence-corrected chi connectivity index (χ0v) is 20.0. The molecular weight excluding hydrogens is 422 g/mol. The summed E-state index contributed by atoms with van der Waals surface area (Å²) in [6.07, 6.45) is 1.12. The summed E-state index contributed by atoms with van der Waals surface area (Å²) in [6.45, 7) is 10.8. The number of likely N-dealkylation sites (tertiary alicyclic amines) is 1. The van der Waals surface area contributed by atoms with E-state index >= 15 is 0 Å². The van der Waals surface area contributed by atoms with Gasteiger partial charge in [0.05, 0.1) is 12.5 Å². The average Bonchev–Trinajstić information content (AvgIpc) is 3.29. The van der Waals surface area contributed by atoms with Gasteiger partial charge >= 0.3 is 5.97 Å². The van der Waals surface area contributed by atoms with Crippen LogP contribution in [0.2, 0.25) is 0 Å². The van der Waals surface area contributed by atoms with Gasteiger partial charge in [-0.1, -0.05) is 36.7 Å². The molecule has 1 saturated heterocycles. The number of piperidine rings is 1. The highest BCUT2D eigenvalue weighted by atomic mass is 16.5. The first-order valence-corrected chi connectivity index (χ1v) is 11.5. The first-order chi connectivity index (χ1) is 15.7. The second kappa shape index (κ2) is 10.6. The summed E-state index contributed by atoms with van der Waals surface area (Å²) in [6, 6.07) is 6.89. The minimum absolute atomic E-state index is 0.116. The van der Waals surface area contributed by atoms with Gasteiger partial charge in [0.1, 0.15) is 6.04 Å². The lowest BCUT2D eigenvalue weighted by Crippen LogP contribution is -2.53. The second-order valence-electron chi connectivity index (χ2n) is 8.94. The molecule has 0 saturated carbocycles. The molecule has 1 aliphatic heterocycles. The Morgan fingerprint density at radius 1 is 1.18 bits per heavy atom. The molecule has 33 heavy (non-hydrogen) atoms. The van der Waals surface area contributed by atoms with E-state index in [1.165, 1.54) is 0 Å². The monoisotopic (exact) mass is 455 g/mol. The van der Waals surface area contributed by atoms with Gasteiger partial charge < -0.3 is 19.5 Å². The molecular formula is C25H33N3O5. The van der Waals surface area contributed by atoms with E-state index in [4.69, 9.17) is 9.26 Å². The number of nitrogens with zero attached hydrogens (tertiary/aromatic N) is 2. The van der Waals surface area contributed by atoms with Crippen molar-refractivity contribution in [3.63, 3.8) is 0 Å². The lowest BCUT2D eigenvalue weighted by Gasteiger charge is -2.34. The Hall–Kier alpha value is -3.16. The van der Waals surface area contributed by atoms with E-state index in [0.717, 1.165) is 16.7 Å². The van der Waals surface area contributed by atoms with Crippen molar-refractivity contribution in [3.8, 4) is 11.3 Å². The topological polar surface area (TPSA) is 102 Å². The summed E-state index contributed by atoms with van der Waals surface area (Å²) in [7, 11) is 0. The highest BCUT2D eigenvalue weighted by Crippen LogP contribution is 2.25. The fraction of sp³-hybridized carbons (Fsp3) is 0.520. The number of aromatic nitrogens is 1. The Morgan fingerprint density at radius 3 is 2.52 bits per heavy atom. The van der Waals surface area contributed by atoms with Gasteiger partial charge in [0, 0.05) is 24.7 Å². The second-order valence-corrected chi connectivity index (χ2v) is 8.94. The van der Waals surface area contributed by atoms with Gasteiger partial charge in [0.15, 0.2) is 11.5 Å². The Kier molecular flexibility index (Phi) is 7.89. The molecule has 8 heteroatoms. The molecule has 1 fully saturated rings. The molecule has 2 heterocycles. The molecule has 2 aromatic rings. The van der Waals surface area contributed by atoms with E-state index in [0.29, 0.717) is 38.3 Å². The van der Waals surface area contributed by atoms with Crippen molar-refractivity contribution >= 4 is 17.8 Å². The zero-order valence-electron chi connectivity index (χ0n) is 20.0. The van der Waals surface area contributed by atoms with E-state index in [2.05, 4.69) is 10.5 Å². The van der Waals surface area contributed by atoms with Gasteiger partial charge in [-0.15, -0.1) is 0 Å². The number of carbonyl (C=O) groups excluding carboxylic acids is 3. The number of amides is 2. The largest absolute Gasteiger partial charge is 0.466 e. The van der Waals surface area contributed by atoms with Gasteiger partial charge in [0.2, 0.25) is 5.91 Å². The van der Waals surface area contributed by atoms with Crippen molar-refractivity contribution in [3.05, 3.63) is 41.1 Å². The van der Waals surface area contributed by atoms with Crippen molar-refractivity contribution in [2.45, 2.75) is 53.5 Å². The number of rotatable bonds is 7. The normalized spacial score (nSPS) is 15.4. The number of hydrogen-bond donors (Lipinski definition) is 1. The zero-order chi connectivity index (χ0) is 24.1. The summed E-state index contributed by atoms with van der Waals surface area (Å²) in [4.78, 5) is 39.7. The maximum Gasteiger partial charge on any atom is 0.309 e. The fourth-order valence-electron chi connectivity index (χ4n) is 4.03. The molecule has 1 aromatic heterocycles. The van der Waals surface area contributed by atoms with Crippen LogP contribution in [0.15, 0.2) is 28.8 Å². The van der Waals surface area contributed by atoms with Gasteiger partial charge in [-0.25, -0.2) is 0 Å². The van der Waals surface area contributed by atoms with Crippen LogP contribution in [0.3, 0.4) is 0 Å². The van der Waals surface area contributed by atoms with Crippen LogP contribution < -0.4 is 5.32 Å². The summed E-state index contributed by atoms with van der Waals surface area (Å²) < 4.78 is 10.5. The van der Waals surface area contributed by atoms with Crippen molar-refractivity contribution in [2.24, 2.45) is 11.8 Å². The first kappa shape index (κ1) is 24.5. The standard InChI is InChI=1S/C25H33N3O5/c1-6-32-25(31)18-9-11-28(12-10-18)24(30)22(15(2)3)26-23(29)20-14-21(33-27-20)19-13-16(4)7-8-17(19)5/h7-8,13-15,18,22H,6,9-12H2,1-5H3,(H,26,29). The lowest BCUT2D eigenvalue weighted by atomic mass is 9.95. The number of hydrogen-bond acceptors (Lipinski definition) is 6. The number of nitrogens with one attached hydrogen (secondary N) is 1. The van der Waals surface area contributed by atoms with E-state index in [9.17, 15) is 14.4 Å². The van der Waals surface area contributed by atoms with Crippen LogP contribution in [0.5, 0.6) is 0 Å².